The van der Waals surface area contributed by atoms with Gasteiger partial charge in [-0.05, 0) is 36.4 Å². The number of hydrogen-bond acceptors (Lipinski definition) is 4. The van der Waals surface area contributed by atoms with Crippen molar-refractivity contribution in [3.05, 3.63) is 105 Å². The van der Waals surface area contributed by atoms with Gasteiger partial charge in [0.1, 0.15) is 0 Å². The highest BCUT2D eigenvalue weighted by molar-refractivity contribution is 7.23. The van der Waals surface area contributed by atoms with E-state index in [1.165, 1.54) is 22.7 Å². The van der Waals surface area contributed by atoms with Crippen LogP contribution in [0.4, 0.5) is 0 Å². The Bertz CT molecular complexity index is 1220. The summed E-state index contributed by atoms with van der Waals surface area (Å²) in [5.41, 5.74) is 3.15. The molecule has 4 rings (SSSR count). The predicted octanol–water partition coefficient (Wildman–Crippen LogP) is 5.90. The average molecular weight is 423 g/mol. The summed E-state index contributed by atoms with van der Waals surface area (Å²) in [7, 11) is 0. The molecule has 0 aliphatic rings. The zero-order valence-corrected chi connectivity index (χ0v) is 17.3. The minimum Gasteiger partial charge on any atom is -0.297 e. The second-order valence-electron chi connectivity index (χ2n) is 6.24. The highest BCUT2D eigenvalue weighted by Gasteiger charge is 2.13. The first-order valence-corrected chi connectivity index (χ1v) is 10.7. The summed E-state index contributed by atoms with van der Waals surface area (Å²) < 4.78 is 0. The van der Waals surface area contributed by atoms with Crippen LogP contribution >= 0.6 is 22.7 Å². The van der Waals surface area contributed by atoms with E-state index in [1.54, 1.807) is 0 Å². The lowest BCUT2D eigenvalue weighted by Gasteiger charge is -1.87. The van der Waals surface area contributed by atoms with Crippen LogP contribution < -0.4 is 0 Å². The molecule has 2 aromatic heterocycles. The van der Waals surface area contributed by atoms with Crippen LogP contribution in [0.5, 0.6) is 0 Å². The summed E-state index contributed by atoms with van der Waals surface area (Å²) in [6.07, 6.45) is 1.65. The van der Waals surface area contributed by atoms with Gasteiger partial charge in [-0.15, -0.1) is 22.7 Å². The van der Waals surface area contributed by atoms with Crippen molar-refractivity contribution in [3.63, 3.8) is 0 Å². The lowest BCUT2D eigenvalue weighted by Crippen LogP contribution is -1.78. The summed E-state index contributed by atoms with van der Waals surface area (Å²) in [4.78, 5) is 26.0. The van der Waals surface area contributed by atoms with Crippen LogP contribution in [-0.4, -0.2) is 12.6 Å². The Morgan fingerprint density at radius 3 is 1.33 bits per heavy atom. The molecule has 0 spiro atoms. The lowest BCUT2D eigenvalue weighted by atomic mass is 10.1. The van der Waals surface area contributed by atoms with Gasteiger partial charge in [0.2, 0.25) is 0 Å². The Kier molecular flexibility index (Phi) is 6.01. The third kappa shape index (κ3) is 4.47. The summed E-state index contributed by atoms with van der Waals surface area (Å²) >= 11 is 2.74. The molecule has 0 radical (unpaired) electrons. The topological polar surface area (TPSA) is 34.1 Å². The first-order chi connectivity index (χ1) is 14.8. The molecule has 0 unspecified atom stereocenters. The van der Waals surface area contributed by atoms with Crippen molar-refractivity contribution in [1.82, 2.24) is 0 Å². The molecule has 0 aliphatic carbocycles. The standard InChI is InChI=1S/C26H14O2S2/c27-17-25-21(13-11-19-7-3-1-4-8-19)15-23(29-25)24-16-22(26(18-28)30-24)14-12-20-9-5-2-6-10-20/h1-10,15-18H. The van der Waals surface area contributed by atoms with E-state index in [1.807, 2.05) is 72.8 Å². The van der Waals surface area contributed by atoms with Gasteiger partial charge in [0.05, 0.1) is 9.75 Å². The zero-order chi connectivity index (χ0) is 20.8. The Labute approximate surface area is 182 Å². The minimum absolute atomic E-state index is 0.575. The quantitative estimate of drug-likeness (QED) is 0.304. The van der Waals surface area contributed by atoms with Gasteiger partial charge in [-0.2, -0.15) is 0 Å². The molecule has 0 amide bonds. The molecule has 142 valence electrons. The molecular weight excluding hydrogens is 408 g/mol. The molecule has 0 N–H and O–H groups in total. The van der Waals surface area contributed by atoms with Crippen molar-refractivity contribution in [3.8, 4) is 33.4 Å². The van der Waals surface area contributed by atoms with E-state index in [0.29, 0.717) is 20.9 Å². The molecule has 2 nitrogen and oxygen atoms in total. The number of carbonyl (C=O) groups excluding carboxylic acids is 2. The third-order valence-corrected chi connectivity index (χ3v) is 6.53. The van der Waals surface area contributed by atoms with Gasteiger partial charge in [-0.1, -0.05) is 60.1 Å². The third-order valence-electron chi connectivity index (χ3n) is 4.21. The second-order valence-corrected chi connectivity index (χ2v) is 8.41. The van der Waals surface area contributed by atoms with Gasteiger partial charge in [0.15, 0.2) is 12.6 Å². The summed E-state index contributed by atoms with van der Waals surface area (Å²) in [6, 6.07) is 23.1. The largest absolute Gasteiger partial charge is 0.297 e. The Balaban J connectivity index is 1.68. The van der Waals surface area contributed by atoms with Crippen molar-refractivity contribution in [2.75, 3.05) is 0 Å². The van der Waals surface area contributed by atoms with Gasteiger partial charge in [0, 0.05) is 32.0 Å². The molecule has 30 heavy (non-hydrogen) atoms. The minimum atomic E-state index is 0.575. The molecule has 0 saturated heterocycles. The SMILES string of the molecule is O=Cc1sc(-c2cc(C#Cc3ccccc3)c(C=O)s2)cc1C#Cc1ccccc1. The van der Waals surface area contributed by atoms with Crippen LogP contribution in [0.3, 0.4) is 0 Å². The lowest BCUT2D eigenvalue weighted by molar-refractivity contribution is 0.111. The number of hydrogen-bond donors (Lipinski definition) is 0. The fraction of sp³-hybridized carbons (Fsp3) is 0. The van der Waals surface area contributed by atoms with Gasteiger partial charge in [0.25, 0.3) is 0 Å². The second kappa shape index (κ2) is 9.20. The smallest absolute Gasteiger partial charge is 0.161 e. The maximum absolute atomic E-state index is 11.5. The van der Waals surface area contributed by atoms with E-state index >= 15 is 0 Å². The average Bonchev–Trinajstić information content (AvgIpc) is 3.41. The normalized spacial score (nSPS) is 9.73. The highest BCUT2D eigenvalue weighted by atomic mass is 32.1. The first kappa shape index (κ1) is 19.6. The maximum Gasteiger partial charge on any atom is 0.161 e. The van der Waals surface area contributed by atoms with Crippen molar-refractivity contribution in [2.45, 2.75) is 0 Å². The maximum atomic E-state index is 11.5. The number of carbonyl (C=O) groups is 2. The fourth-order valence-electron chi connectivity index (χ4n) is 2.75. The predicted molar refractivity (Wildman–Crippen MR) is 123 cm³/mol. The Morgan fingerprint density at radius 1 is 0.567 bits per heavy atom. The highest BCUT2D eigenvalue weighted by Crippen LogP contribution is 2.36. The number of benzene rings is 2. The zero-order valence-electron chi connectivity index (χ0n) is 15.7. The molecule has 2 aromatic carbocycles. The van der Waals surface area contributed by atoms with Crippen LogP contribution in [0, 0.1) is 23.7 Å². The van der Waals surface area contributed by atoms with E-state index < -0.39 is 0 Å². The van der Waals surface area contributed by atoms with Crippen LogP contribution in [0.15, 0.2) is 72.8 Å². The molecule has 0 fully saturated rings. The molecule has 4 aromatic rings. The van der Waals surface area contributed by atoms with Crippen LogP contribution in [0.1, 0.15) is 41.6 Å². The van der Waals surface area contributed by atoms with E-state index in [-0.39, 0.29) is 0 Å². The molecule has 0 bridgehead atoms. The van der Waals surface area contributed by atoms with Crippen LogP contribution in [0.2, 0.25) is 0 Å². The Morgan fingerprint density at radius 2 is 0.967 bits per heavy atom. The summed E-state index contributed by atoms with van der Waals surface area (Å²) in [5, 5.41) is 0. The molecule has 0 aliphatic heterocycles. The number of rotatable bonds is 3. The number of thiophene rings is 2. The van der Waals surface area contributed by atoms with Crippen molar-refractivity contribution < 1.29 is 9.59 Å². The van der Waals surface area contributed by atoms with Crippen molar-refractivity contribution in [1.29, 1.82) is 0 Å². The van der Waals surface area contributed by atoms with E-state index in [4.69, 9.17) is 0 Å². The summed E-state index contributed by atoms with van der Waals surface area (Å²) in [5.74, 6) is 12.4. The Hall–Kier alpha value is -3.70. The van der Waals surface area contributed by atoms with Gasteiger partial charge < -0.3 is 0 Å². The molecule has 4 heteroatoms. The van der Waals surface area contributed by atoms with Crippen molar-refractivity contribution >= 4 is 35.2 Å². The van der Waals surface area contributed by atoms with E-state index in [0.717, 1.165) is 33.5 Å². The van der Waals surface area contributed by atoms with Gasteiger partial charge in [-0.25, -0.2) is 0 Å². The molecule has 0 saturated carbocycles. The van der Waals surface area contributed by atoms with Crippen LogP contribution in [-0.2, 0) is 0 Å². The van der Waals surface area contributed by atoms with E-state index in [9.17, 15) is 9.59 Å². The van der Waals surface area contributed by atoms with Crippen LogP contribution in [0.25, 0.3) is 9.75 Å². The first-order valence-electron chi connectivity index (χ1n) is 9.09. The molecule has 0 atom stereocenters. The molecular formula is C26H14O2S2. The van der Waals surface area contributed by atoms with Gasteiger partial charge in [-0.3, -0.25) is 9.59 Å². The monoisotopic (exact) mass is 422 g/mol. The van der Waals surface area contributed by atoms with E-state index in [2.05, 4.69) is 23.7 Å². The van der Waals surface area contributed by atoms with Gasteiger partial charge >= 0.3 is 0 Å². The summed E-state index contributed by atoms with van der Waals surface area (Å²) in [6.45, 7) is 0. The van der Waals surface area contributed by atoms with Crippen molar-refractivity contribution in [2.24, 2.45) is 0 Å². The fourth-order valence-corrected chi connectivity index (χ4v) is 4.68. The molecule has 2 heterocycles. The number of aldehydes is 2.